The van der Waals surface area contributed by atoms with Gasteiger partial charge in [-0.1, -0.05) is 38.5 Å². The van der Waals surface area contributed by atoms with Crippen molar-refractivity contribution in [2.75, 3.05) is 17.2 Å². The molecule has 0 unspecified atom stereocenters. The number of benzene rings is 1. The van der Waals surface area contributed by atoms with Crippen molar-refractivity contribution in [2.45, 2.75) is 40.0 Å². The molecule has 0 radical (unpaired) electrons. The molecule has 1 heterocycles. The summed E-state index contributed by atoms with van der Waals surface area (Å²) >= 11 is 0. The van der Waals surface area contributed by atoms with E-state index in [1.54, 1.807) is 0 Å². The Morgan fingerprint density at radius 3 is 2.57 bits per heavy atom. The van der Waals surface area contributed by atoms with Crippen LogP contribution in [-0.2, 0) is 6.42 Å². The van der Waals surface area contributed by atoms with E-state index in [0.717, 1.165) is 42.5 Å². The highest BCUT2D eigenvalue weighted by Gasteiger charge is 2.04. The van der Waals surface area contributed by atoms with Crippen molar-refractivity contribution >= 4 is 17.3 Å². The molecule has 0 aliphatic carbocycles. The Kier molecular flexibility index (Phi) is 5.55. The predicted molar refractivity (Wildman–Crippen MR) is 89.3 cm³/mol. The third-order valence-electron chi connectivity index (χ3n) is 3.34. The van der Waals surface area contributed by atoms with Crippen LogP contribution in [0.25, 0.3) is 0 Å². The first kappa shape index (κ1) is 15.3. The Balaban J connectivity index is 2.15. The molecule has 1 aromatic heterocycles. The lowest BCUT2D eigenvalue weighted by Gasteiger charge is -2.12. The number of aromatic nitrogens is 2. The summed E-state index contributed by atoms with van der Waals surface area (Å²) in [5, 5.41) is 6.75. The summed E-state index contributed by atoms with van der Waals surface area (Å²) in [5.74, 6) is 2.49. The fraction of sp³-hybridized carbons (Fsp3) is 0.412. The lowest BCUT2D eigenvalue weighted by Crippen LogP contribution is -2.06. The van der Waals surface area contributed by atoms with E-state index in [1.807, 2.05) is 19.1 Å². The Hall–Kier alpha value is -2.10. The van der Waals surface area contributed by atoms with Gasteiger partial charge in [0, 0.05) is 18.3 Å². The van der Waals surface area contributed by atoms with Crippen molar-refractivity contribution in [1.82, 2.24) is 9.97 Å². The number of hydrogen-bond donors (Lipinski definition) is 2. The molecule has 2 rings (SSSR count). The van der Waals surface area contributed by atoms with Crippen molar-refractivity contribution in [3.05, 3.63) is 41.7 Å². The molecule has 21 heavy (non-hydrogen) atoms. The average Bonchev–Trinajstić information content (AvgIpc) is 2.47. The van der Waals surface area contributed by atoms with E-state index in [1.165, 1.54) is 12.0 Å². The molecule has 4 heteroatoms. The number of aryl methyl sites for hydroxylation is 2. The maximum atomic E-state index is 4.47. The van der Waals surface area contributed by atoms with Gasteiger partial charge in [-0.2, -0.15) is 0 Å². The van der Waals surface area contributed by atoms with Gasteiger partial charge in [-0.3, -0.25) is 0 Å². The minimum absolute atomic E-state index is 0.771. The fourth-order valence-corrected chi connectivity index (χ4v) is 2.20. The van der Waals surface area contributed by atoms with E-state index in [0.29, 0.717) is 0 Å². The first-order valence-electron chi connectivity index (χ1n) is 7.67. The monoisotopic (exact) mass is 284 g/mol. The van der Waals surface area contributed by atoms with Crippen LogP contribution in [-0.4, -0.2) is 16.5 Å². The number of hydrogen-bond acceptors (Lipinski definition) is 4. The summed E-state index contributed by atoms with van der Waals surface area (Å²) in [6, 6.07) is 10.3. The van der Waals surface area contributed by atoms with Gasteiger partial charge in [0.25, 0.3) is 0 Å². The quantitative estimate of drug-likeness (QED) is 0.744. The van der Waals surface area contributed by atoms with Crippen LogP contribution in [0.15, 0.2) is 30.3 Å². The van der Waals surface area contributed by atoms with Gasteiger partial charge in [-0.25, -0.2) is 9.97 Å². The van der Waals surface area contributed by atoms with E-state index in [4.69, 9.17) is 0 Å². The number of rotatable bonds is 7. The molecule has 0 atom stereocenters. The van der Waals surface area contributed by atoms with Crippen LogP contribution < -0.4 is 10.6 Å². The maximum absolute atomic E-state index is 4.47. The van der Waals surface area contributed by atoms with Crippen molar-refractivity contribution in [2.24, 2.45) is 0 Å². The molecule has 0 aliphatic rings. The largest absolute Gasteiger partial charge is 0.370 e. The van der Waals surface area contributed by atoms with Crippen molar-refractivity contribution < 1.29 is 0 Å². The maximum Gasteiger partial charge on any atom is 0.136 e. The highest BCUT2D eigenvalue weighted by Crippen LogP contribution is 2.21. The van der Waals surface area contributed by atoms with Gasteiger partial charge < -0.3 is 10.6 Å². The van der Waals surface area contributed by atoms with E-state index in [9.17, 15) is 0 Å². The van der Waals surface area contributed by atoms with Crippen LogP contribution >= 0.6 is 0 Å². The second kappa shape index (κ2) is 7.62. The van der Waals surface area contributed by atoms with Gasteiger partial charge in [0.1, 0.15) is 17.5 Å². The minimum atomic E-state index is 0.771. The second-order valence-electron chi connectivity index (χ2n) is 5.10. The smallest absolute Gasteiger partial charge is 0.136 e. The number of para-hydroxylation sites is 1. The van der Waals surface area contributed by atoms with Gasteiger partial charge in [-0.15, -0.1) is 0 Å². The number of nitrogens with zero attached hydrogens (tertiary/aromatic N) is 2. The summed E-state index contributed by atoms with van der Waals surface area (Å²) in [6.45, 7) is 7.20. The van der Waals surface area contributed by atoms with Gasteiger partial charge in [0.05, 0.1) is 0 Å². The molecule has 0 saturated carbocycles. The zero-order valence-electron chi connectivity index (χ0n) is 13.1. The van der Waals surface area contributed by atoms with Crippen LogP contribution in [0.4, 0.5) is 17.3 Å². The molecule has 0 fully saturated rings. The first-order valence-corrected chi connectivity index (χ1v) is 7.67. The third kappa shape index (κ3) is 4.45. The Labute approximate surface area is 127 Å². The third-order valence-corrected chi connectivity index (χ3v) is 3.34. The molecular weight excluding hydrogens is 260 g/mol. The molecule has 112 valence electrons. The summed E-state index contributed by atoms with van der Waals surface area (Å²) in [6.07, 6.45) is 3.31. The molecule has 1 aromatic carbocycles. The molecule has 0 aliphatic heterocycles. The molecule has 4 nitrogen and oxygen atoms in total. The molecule has 0 amide bonds. The number of nitrogens with one attached hydrogen (secondary N) is 2. The molecule has 0 spiro atoms. The van der Waals surface area contributed by atoms with Crippen LogP contribution in [0.2, 0.25) is 0 Å². The predicted octanol–water partition coefficient (Wildman–Crippen LogP) is 4.30. The van der Waals surface area contributed by atoms with E-state index in [-0.39, 0.29) is 0 Å². The molecule has 0 saturated heterocycles. The molecule has 2 N–H and O–H groups in total. The lowest BCUT2D eigenvalue weighted by molar-refractivity contribution is 0.829. The number of unbranched alkanes of at least 4 members (excludes halogenated alkanes) is 1. The Bertz CT molecular complexity index is 581. The molecular formula is C17H24N4. The summed E-state index contributed by atoms with van der Waals surface area (Å²) < 4.78 is 0. The lowest BCUT2D eigenvalue weighted by atomic mass is 10.1. The van der Waals surface area contributed by atoms with E-state index >= 15 is 0 Å². The molecule has 0 bridgehead atoms. The minimum Gasteiger partial charge on any atom is -0.370 e. The van der Waals surface area contributed by atoms with Gasteiger partial charge in [0.2, 0.25) is 0 Å². The molecule has 2 aromatic rings. The van der Waals surface area contributed by atoms with E-state index < -0.39 is 0 Å². The van der Waals surface area contributed by atoms with Crippen molar-refractivity contribution in [1.29, 1.82) is 0 Å². The highest BCUT2D eigenvalue weighted by molar-refractivity contribution is 5.62. The topological polar surface area (TPSA) is 49.8 Å². The van der Waals surface area contributed by atoms with Crippen LogP contribution in [0.1, 0.15) is 38.1 Å². The summed E-state index contributed by atoms with van der Waals surface area (Å²) in [7, 11) is 0. The zero-order valence-corrected chi connectivity index (χ0v) is 13.1. The highest BCUT2D eigenvalue weighted by atomic mass is 15.1. The van der Waals surface area contributed by atoms with E-state index in [2.05, 4.69) is 52.6 Å². The van der Waals surface area contributed by atoms with Gasteiger partial charge in [0.15, 0.2) is 0 Å². The summed E-state index contributed by atoms with van der Waals surface area (Å²) in [4.78, 5) is 8.90. The summed E-state index contributed by atoms with van der Waals surface area (Å²) in [5.41, 5.74) is 2.40. The van der Waals surface area contributed by atoms with Crippen LogP contribution in [0.5, 0.6) is 0 Å². The van der Waals surface area contributed by atoms with Crippen LogP contribution in [0.3, 0.4) is 0 Å². The Morgan fingerprint density at radius 1 is 1.05 bits per heavy atom. The zero-order chi connectivity index (χ0) is 15.1. The SMILES string of the molecule is CCCCNc1cc(Nc2ccccc2CC)nc(C)n1. The van der Waals surface area contributed by atoms with Gasteiger partial charge >= 0.3 is 0 Å². The average molecular weight is 284 g/mol. The first-order chi connectivity index (χ1) is 10.2. The van der Waals surface area contributed by atoms with Crippen molar-refractivity contribution in [3.8, 4) is 0 Å². The second-order valence-corrected chi connectivity index (χ2v) is 5.10. The van der Waals surface area contributed by atoms with Crippen LogP contribution in [0, 0.1) is 6.92 Å². The normalized spacial score (nSPS) is 10.4. The number of anilines is 3. The Morgan fingerprint density at radius 2 is 1.81 bits per heavy atom. The van der Waals surface area contributed by atoms with Gasteiger partial charge in [-0.05, 0) is 31.4 Å². The standard InChI is InChI=1S/C17H24N4/c1-4-6-11-18-16-12-17(20-13(3)19-16)21-15-10-8-7-9-14(15)5-2/h7-10,12H,4-6,11H2,1-3H3,(H2,18,19,20,21). The van der Waals surface area contributed by atoms with Crippen molar-refractivity contribution in [3.63, 3.8) is 0 Å². The fourth-order valence-electron chi connectivity index (χ4n) is 2.20.